The number of carbonyl (C=O) groups excluding carboxylic acids is 1. The van der Waals surface area contributed by atoms with E-state index in [1.54, 1.807) is 4.90 Å². The lowest BCUT2D eigenvalue weighted by Gasteiger charge is -2.48. The summed E-state index contributed by atoms with van der Waals surface area (Å²) in [5.74, 6) is 0.0739. The molecule has 2 unspecified atom stereocenters. The predicted octanol–water partition coefficient (Wildman–Crippen LogP) is 5.30. The van der Waals surface area contributed by atoms with E-state index >= 15 is 0 Å². The number of rotatable bonds is 5. The predicted molar refractivity (Wildman–Crippen MR) is 102 cm³/mol. The molecule has 1 aromatic rings. The van der Waals surface area contributed by atoms with Gasteiger partial charge in [-0.2, -0.15) is 13.2 Å². The van der Waals surface area contributed by atoms with Gasteiger partial charge in [-0.1, -0.05) is 34.1 Å². The van der Waals surface area contributed by atoms with E-state index in [4.69, 9.17) is 9.47 Å². The van der Waals surface area contributed by atoms with Gasteiger partial charge in [0.2, 0.25) is 5.88 Å². The van der Waals surface area contributed by atoms with Crippen molar-refractivity contribution in [2.45, 2.75) is 71.7 Å². The minimum atomic E-state index is -4.44. The van der Waals surface area contributed by atoms with E-state index in [0.29, 0.717) is 6.54 Å². The number of hydrogen-bond acceptors (Lipinski definition) is 4. The van der Waals surface area contributed by atoms with Gasteiger partial charge in [0.1, 0.15) is 6.61 Å². The van der Waals surface area contributed by atoms with Crippen LogP contribution in [0.15, 0.2) is 18.3 Å². The summed E-state index contributed by atoms with van der Waals surface area (Å²) in [5.41, 5.74) is -0.500. The molecule has 1 saturated carbocycles. The molecule has 0 aromatic carbocycles. The first kappa shape index (κ1) is 21.7. The Morgan fingerprint density at radius 1 is 1.28 bits per heavy atom. The molecule has 0 spiro atoms. The number of nitrogens with zero attached hydrogens (tertiary/aromatic N) is 2. The summed E-state index contributed by atoms with van der Waals surface area (Å²) in [6.07, 6.45) is -0.470. The van der Waals surface area contributed by atoms with Crippen molar-refractivity contribution in [2.75, 3.05) is 13.2 Å². The van der Waals surface area contributed by atoms with E-state index in [1.807, 2.05) is 0 Å². The van der Waals surface area contributed by atoms with Crippen LogP contribution in [0.5, 0.6) is 5.88 Å². The van der Waals surface area contributed by atoms with E-state index in [0.717, 1.165) is 37.9 Å². The third-order valence-electron chi connectivity index (χ3n) is 6.10. The lowest BCUT2D eigenvalue weighted by Crippen LogP contribution is -2.47. The van der Waals surface area contributed by atoms with Gasteiger partial charge in [-0.3, -0.25) is 0 Å². The number of amides is 1. The fourth-order valence-electron chi connectivity index (χ4n) is 4.81. The Kier molecular flexibility index (Phi) is 5.75. The van der Waals surface area contributed by atoms with Crippen molar-refractivity contribution in [3.05, 3.63) is 23.9 Å². The van der Waals surface area contributed by atoms with Gasteiger partial charge in [0.25, 0.3) is 0 Å². The van der Waals surface area contributed by atoms with Crippen LogP contribution in [0, 0.1) is 10.8 Å². The molecule has 2 fully saturated rings. The second-order valence-corrected chi connectivity index (χ2v) is 9.42. The van der Waals surface area contributed by atoms with E-state index in [2.05, 4.69) is 32.7 Å². The van der Waals surface area contributed by atoms with E-state index in [1.165, 1.54) is 6.07 Å². The van der Waals surface area contributed by atoms with Gasteiger partial charge in [-0.15, -0.1) is 0 Å². The maximum Gasteiger partial charge on any atom is 0.417 e. The van der Waals surface area contributed by atoms with Crippen LogP contribution >= 0.6 is 0 Å². The van der Waals surface area contributed by atoms with Crippen LogP contribution < -0.4 is 4.74 Å². The number of alkyl halides is 3. The molecule has 3 rings (SSSR count). The Morgan fingerprint density at radius 2 is 2.00 bits per heavy atom. The van der Waals surface area contributed by atoms with Gasteiger partial charge in [-0.25, -0.2) is 9.78 Å². The molecule has 0 bridgehead atoms. The molecule has 1 aliphatic carbocycles. The molecular formula is C21H29F3N2O3. The summed E-state index contributed by atoms with van der Waals surface area (Å²) in [7, 11) is 0. The SMILES string of the molecule is CCC1(C)CC(N2C[C@H](COc3ccc(C(F)(F)F)cn3)OC2=O)CC(C)(C)C1. The molecule has 1 saturated heterocycles. The fourth-order valence-corrected chi connectivity index (χ4v) is 4.81. The van der Waals surface area contributed by atoms with Crippen LogP contribution in [0.25, 0.3) is 0 Å². The number of aromatic nitrogens is 1. The van der Waals surface area contributed by atoms with Crippen LogP contribution in [-0.2, 0) is 10.9 Å². The highest BCUT2D eigenvalue weighted by Crippen LogP contribution is 2.49. The Balaban J connectivity index is 1.59. The summed E-state index contributed by atoms with van der Waals surface area (Å²) >= 11 is 0. The second-order valence-electron chi connectivity index (χ2n) is 9.42. The zero-order valence-corrected chi connectivity index (χ0v) is 17.4. The van der Waals surface area contributed by atoms with E-state index in [-0.39, 0.29) is 35.5 Å². The van der Waals surface area contributed by atoms with Crippen molar-refractivity contribution in [3.8, 4) is 5.88 Å². The zero-order chi connectivity index (χ0) is 21.4. The van der Waals surface area contributed by atoms with Crippen molar-refractivity contribution in [3.63, 3.8) is 0 Å². The molecule has 5 nitrogen and oxygen atoms in total. The second kappa shape index (κ2) is 7.69. The van der Waals surface area contributed by atoms with Crippen molar-refractivity contribution in [1.82, 2.24) is 9.88 Å². The van der Waals surface area contributed by atoms with Gasteiger partial charge in [0.15, 0.2) is 6.10 Å². The van der Waals surface area contributed by atoms with Crippen LogP contribution in [0.2, 0.25) is 0 Å². The molecule has 1 amide bonds. The number of carbonyl (C=O) groups is 1. The van der Waals surface area contributed by atoms with Crippen LogP contribution in [0.3, 0.4) is 0 Å². The number of hydrogen-bond donors (Lipinski definition) is 0. The monoisotopic (exact) mass is 414 g/mol. The summed E-state index contributed by atoms with van der Waals surface area (Å²) in [4.78, 5) is 17.9. The Morgan fingerprint density at radius 3 is 2.59 bits per heavy atom. The fraction of sp³-hybridized carbons (Fsp3) is 0.714. The maximum absolute atomic E-state index is 12.6. The molecule has 1 aliphatic heterocycles. The first-order valence-electron chi connectivity index (χ1n) is 10.0. The molecule has 1 aromatic heterocycles. The first-order chi connectivity index (χ1) is 13.4. The normalized spacial score (nSPS) is 29.6. The molecular weight excluding hydrogens is 385 g/mol. The molecule has 162 valence electrons. The molecule has 29 heavy (non-hydrogen) atoms. The largest absolute Gasteiger partial charge is 0.474 e. The molecule has 0 radical (unpaired) electrons. The lowest BCUT2D eigenvalue weighted by molar-refractivity contribution is -0.137. The average molecular weight is 414 g/mol. The maximum atomic E-state index is 12.6. The highest BCUT2D eigenvalue weighted by molar-refractivity contribution is 5.70. The molecule has 0 N–H and O–H groups in total. The quantitative estimate of drug-likeness (QED) is 0.657. The van der Waals surface area contributed by atoms with E-state index < -0.39 is 17.8 Å². The highest BCUT2D eigenvalue weighted by atomic mass is 19.4. The number of halogens is 3. The van der Waals surface area contributed by atoms with Crippen molar-refractivity contribution >= 4 is 6.09 Å². The Labute approximate surface area is 169 Å². The van der Waals surface area contributed by atoms with Gasteiger partial charge in [-0.05, 0) is 36.2 Å². The summed E-state index contributed by atoms with van der Waals surface area (Å²) < 4.78 is 48.7. The summed E-state index contributed by atoms with van der Waals surface area (Å²) in [5, 5.41) is 0. The number of ether oxygens (including phenoxy) is 2. The standard InChI is InChI=1S/C21H29F3N2O3/c1-5-20(4)9-15(8-19(2,3)13-20)26-11-16(29-18(26)27)12-28-17-7-6-14(10-25-17)21(22,23)24/h6-7,10,15-16H,5,8-9,11-13H2,1-4H3/t15?,16-,20?/m1/s1. The molecule has 3 atom stereocenters. The number of pyridine rings is 1. The van der Waals surface area contributed by atoms with Crippen molar-refractivity contribution in [1.29, 1.82) is 0 Å². The van der Waals surface area contributed by atoms with Crippen LogP contribution in [-0.4, -0.2) is 41.3 Å². The van der Waals surface area contributed by atoms with Crippen molar-refractivity contribution < 1.29 is 27.4 Å². The van der Waals surface area contributed by atoms with Crippen LogP contribution in [0.1, 0.15) is 58.9 Å². The highest BCUT2D eigenvalue weighted by Gasteiger charge is 2.46. The summed E-state index contributed by atoms with van der Waals surface area (Å²) in [6.45, 7) is 9.42. The van der Waals surface area contributed by atoms with E-state index in [9.17, 15) is 18.0 Å². The topological polar surface area (TPSA) is 51.7 Å². The first-order valence-corrected chi connectivity index (χ1v) is 10.0. The minimum absolute atomic E-state index is 0.0573. The molecule has 2 heterocycles. The van der Waals surface area contributed by atoms with Crippen molar-refractivity contribution in [2.24, 2.45) is 10.8 Å². The Bertz CT molecular complexity index is 736. The van der Waals surface area contributed by atoms with Gasteiger partial charge >= 0.3 is 12.3 Å². The smallest absolute Gasteiger partial charge is 0.417 e. The average Bonchev–Trinajstić information content (AvgIpc) is 2.99. The minimum Gasteiger partial charge on any atom is -0.474 e. The van der Waals surface area contributed by atoms with Gasteiger partial charge < -0.3 is 14.4 Å². The van der Waals surface area contributed by atoms with Crippen LogP contribution in [0.4, 0.5) is 18.0 Å². The number of cyclic esters (lactones) is 1. The third kappa shape index (κ3) is 5.14. The summed E-state index contributed by atoms with van der Waals surface area (Å²) in [6, 6.07) is 2.21. The molecule has 2 aliphatic rings. The lowest BCUT2D eigenvalue weighted by atomic mass is 9.61. The Hall–Kier alpha value is -1.99. The van der Waals surface area contributed by atoms with Gasteiger partial charge in [0, 0.05) is 18.3 Å². The third-order valence-corrected chi connectivity index (χ3v) is 6.10. The zero-order valence-electron chi connectivity index (χ0n) is 17.4. The molecule has 8 heteroatoms. The van der Waals surface area contributed by atoms with Gasteiger partial charge in [0.05, 0.1) is 12.1 Å².